The highest BCUT2D eigenvalue weighted by molar-refractivity contribution is 7.98. The SMILES string of the molecule is CCn1c(SCc2cccc(C)c2)nnc1C(C)NC(=O)c1ccccc1. The molecule has 0 aliphatic heterocycles. The first-order valence-corrected chi connectivity index (χ1v) is 10.0. The summed E-state index contributed by atoms with van der Waals surface area (Å²) in [5, 5.41) is 12.6. The number of benzene rings is 2. The van der Waals surface area contributed by atoms with Crippen molar-refractivity contribution < 1.29 is 4.79 Å². The first-order chi connectivity index (χ1) is 13.1. The van der Waals surface area contributed by atoms with Crippen molar-refractivity contribution in [1.29, 1.82) is 0 Å². The van der Waals surface area contributed by atoms with Crippen LogP contribution in [0.15, 0.2) is 59.8 Å². The quantitative estimate of drug-likeness (QED) is 0.618. The number of aryl methyl sites for hydroxylation is 1. The number of hydrogen-bond acceptors (Lipinski definition) is 4. The van der Waals surface area contributed by atoms with Crippen molar-refractivity contribution in [3.05, 3.63) is 77.1 Å². The van der Waals surface area contributed by atoms with Crippen LogP contribution in [-0.4, -0.2) is 20.7 Å². The summed E-state index contributed by atoms with van der Waals surface area (Å²) in [7, 11) is 0. The topological polar surface area (TPSA) is 59.8 Å². The molecule has 0 saturated carbocycles. The molecule has 5 nitrogen and oxygen atoms in total. The lowest BCUT2D eigenvalue weighted by molar-refractivity contribution is 0.0937. The van der Waals surface area contributed by atoms with Gasteiger partial charge in [-0.05, 0) is 38.5 Å². The second-order valence-corrected chi connectivity index (χ2v) is 7.37. The maximum Gasteiger partial charge on any atom is 0.251 e. The van der Waals surface area contributed by atoms with Crippen molar-refractivity contribution in [3.63, 3.8) is 0 Å². The van der Waals surface area contributed by atoms with Gasteiger partial charge in [0.05, 0.1) is 6.04 Å². The van der Waals surface area contributed by atoms with Crippen molar-refractivity contribution in [2.24, 2.45) is 0 Å². The van der Waals surface area contributed by atoms with Gasteiger partial charge in [-0.2, -0.15) is 0 Å². The van der Waals surface area contributed by atoms with Crippen LogP contribution < -0.4 is 5.32 Å². The highest BCUT2D eigenvalue weighted by atomic mass is 32.2. The number of thioether (sulfide) groups is 1. The number of hydrogen-bond donors (Lipinski definition) is 1. The molecule has 1 aromatic heterocycles. The van der Waals surface area contributed by atoms with E-state index in [1.165, 1.54) is 11.1 Å². The molecule has 27 heavy (non-hydrogen) atoms. The minimum absolute atomic E-state index is 0.109. The lowest BCUT2D eigenvalue weighted by Crippen LogP contribution is -2.28. The zero-order chi connectivity index (χ0) is 19.2. The van der Waals surface area contributed by atoms with Gasteiger partial charge in [-0.3, -0.25) is 4.79 Å². The van der Waals surface area contributed by atoms with Gasteiger partial charge >= 0.3 is 0 Å². The number of nitrogens with one attached hydrogen (secondary N) is 1. The van der Waals surface area contributed by atoms with E-state index in [4.69, 9.17) is 0 Å². The summed E-state index contributed by atoms with van der Waals surface area (Å²) < 4.78 is 2.07. The number of rotatable bonds is 7. The van der Waals surface area contributed by atoms with E-state index >= 15 is 0 Å². The molecule has 1 unspecified atom stereocenters. The molecule has 0 bridgehead atoms. The summed E-state index contributed by atoms with van der Waals surface area (Å²) >= 11 is 1.66. The summed E-state index contributed by atoms with van der Waals surface area (Å²) in [5.74, 6) is 1.50. The Morgan fingerprint density at radius 3 is 2.63 bits per heavy atom. The molecule has 0 radical (unpaired) electrons. The molecule has 0 spiro atoms. The second kappa shape index (κ2) is 8.86. The lowest BCUT2D eigenvalue weighted by atomic mass is 10.2. The molecule has 1 heterocycles. The maximum absolute atomic E-state index is 12.4. The van der Waals surface area contributed by atoms with Gasteiger partial charge in [0, 0.05) is 17.9 Å². The van der Waals surface area contributed by atoms with Crippen molar-refractivity contribution in [2.45, 2.75) is 44.3 Å². The number of carbonyl (C=O) groups is 1. The van der Waals surface area contributed by atoms with Crippen LogP contribution in [0.1, 0.15) is 47.2 Å². The van der Waals surface area contributed by atoms with E-state index < -0.39 is 0 Å². The van der Waals surface area contributed by atoms with Crippen LogP contribution in [0.2, 0.25) is 0 Å². The number of aromatic nitrogens is 3. The first-order valence-electron chi connectivity index (χ1n) is 9.05. The van der Waals surface area contributed by atoms with E-state index in [0.29, 0.717) is 5.56 Å². The van der Waals surface area contributed by atoms with E-state index in [1.807, 2.05) is 25.1 Å². The monoisotopic (exact) mass is 380 g/mol. The van der Waals surface area contributed by atoms with Gasteiger partial charge in [0.15, 0.2) is 11.0 Å². The van der Waals surface area contributed by atoms with Gasteiger partial charge in [0.2, 0.25) is 0 Å². The number of nitrogens with zero attached hydrogens (tertiary/aromatic N) is 3. The molecule has 0 aliphatic rings. The average molecular weight is 381 g/mol. The van der Waals surface area contributed by atoms with Crippen LogP contribution in [-0.2, 0) is 12.3 Å². The zero-order valence-corrected chi connectivity index (χ0v) is 16.7. The van der Waals surface area contributed by atoms with E-state index in [9.17, 15) is 4.79 Å². The summed E-state index contributed by atoms with van der Waals surface area (Å²) in [6.07, 6.45) is 0. The van der Waals surface area contributed by atoms with Gasteiger partial charge < -0.3 is 9.88 Å². The lowest BCUT2D eigenvalue weighted by Gasteiger charge is -2.15. The standard InChI is InChI=1S/C21H24N4OS/c1-4-25-19(16(3)22-20(26)18-11-6-5-7-12-18)23-24-21(25)27-14-17-10-8-9-15(2)13-17/h5-13,16H,4,14H2,1-3H3,(H,22,26). The van der Waals surface area contributed by atoms with Crippen LogP contribution in [0.5, 0.6) is 0 Å². The maximum atomic E-state index is 12.4. The molecule has 0 aliphatic carbocycles. The molecule has 1 amide bonds. The Hall–Kier alpha value is -2.60. The van der Waals surface area contributed by atoms with E-state index in [0.717, 1.165) is 23.3 Å². The second-order valence-electron chi connectivity index (χ2n) is 6.42. The summed E-state index contributed by atoms with van der Waals surface area (Å²) in [5.41, 5.74) is 3.15. The van der Waals surface area contributed by atoms with Crippen LogP contribution in [0.3, 0.4) is 0 Å². The fourth-order valence-corrected chi connectivity index (χ4v) is 3.86. The average Bonchev–Trinajstić information content (AvgIpc) is 3.10. The summed E-state index contributed by atoms with van der Waals surface area (Å²) in [4.78, 5) is 12.4. The van der Waals surface area contributed by atoms with Gasteiger partial charge in [-0.25, -0.2) is 0 Å². The highest BCUT2D eigenvalue weighted by Gasteiger charge is 2.19. The van der Waals surface area contributed by atoms with E-state index in [1.54, 1.807) is 23.9 Å². The molecule has 3 aromatic rings. The minimum atomic E-state index is -0.224. The minimum Gasteiger partial charge on any atom is -0.342 e. The molecule has 0 saturated heterocycles. The van der Waals surface area contributed by atoms with Gasteiger partial charge in [0.1, 0.15) is 0 Å². The largest absolute Gasteiger partial charge is 0.342 e. The summed E-state index contributed by atoms with van der Waals surface area (Å²) in [6, 6.07) is 17.5. The molecule has 0 fully saturated rings. The van der Waals surface area contributed by atoms with E-state index in [2.05, 4.69) is 58.2 Å². The Morgan fingerprint density at radius 1 is 1.15 bits per heavy atom. The Morgan fingerprint density at radius 2 is 1.93 bits per heavy atom. The van der Waals surface area contributed by atoms with Crippen molar-refractivity contribution in [2.75, 3.05) is 0 Å². The fourth-order valence-electron chi connectivity index (χ4n) is 2.91. The van der Waals surface area contributed by atoms with Crippen LogP contribution in [0.25, 0.3) is 0 Å². The van der Waals surface area contributed by atoms with Crippen molar-refractivity contribution >= 4 is 17.7 Å². The summed E-state index contributed by atoms with van der Waals surface area (Å²) in [6.45, 7) is 6.85. The first kappa shape index (κ1) is 19.2. The van der Waals surface area contributed by atoms with Gasteiger partial charge in [0.25, 0.3) is 5.91 Å². The molecule has 1 N–H and O–H groups in total. The van der Waals surface area contributed by atoms with Crippen LogP contribution >= 0.6 is 11.8 Å². The van der Waals surface area contributed by atoms with Crippen molar-refractivity contribution in [1.82, 2.24) is 20.1 Å². The third kappa shape index (κ3) is 4.77. The predicted octanol–water partition coefficient (Wildman–Crippen LogP) is 4.39. The third-order valence-electron chi connectivity index (χ3n) is 4.28. The zero-order valence-electron chi connectivity index (χ0n) is 15.8. The fraction of sp³-hybridized carbons (Fsp3) is 0.286. The Bertz CT molecular complexity index is 908. The van der Waals surface area contributed by atoms with E-state index in [-0.39, 0.29) is 11.9 Å². The van der Waals surface area contributed by atoms with Gasteiger partial charge in [-0.15, -0.1) is 10.2 Å². The predicted molar refractivity (Wildman–Crippen MR) is 109 cm³/mol. The molecule has 1 atom stereocenters. The number of amides is 1. The van der Waals surface area contributed by atoms with Gasteiger partial charge in [-0.1, -0.05) is 59.8 Å². The number of carbonyl (C=O) groups excluding carboxylic acids is 1. The molecular formula is C21H24N4OS. The molecule has 2 aromatic carbocycles. The Labute approximate surface area is 164 Å². The smallest absolute Gasteiger partial charge is 0.251 e. The normalized spacial score (nSPS) is 12.0. The molecule has 140 valence electrons. The molecule has 6 heteroatoms. The molecule has 3 rings (SSSR count). The van der Waals surface area contributed by atoms with Crippen molar-refractivity contribution in [3.8, 4) is 0 Å². The molecular weight excluding hydrogens is 356 g/mol. The Balaban J connectivity index is 1.70. The highest BCUT2D eigenvalue weighted by Crippen LogP contribution is 2.24. The Kier molecular flexibility index (Phi) is 6.29. The third-order valence-corrected chi connectivity index (χ3v) is 5.32. The van der Waals surface area contributed by atoms with Crippen LogP contribution in [0, 0.1) is 6.92 Å². The van der Waals surface area contributed by atoms with Crippen LogP contribution in [0.4, 0.5) is 0 Å².